The quantitative estimate of drug-likeness (QED) is 0.794. The number of aromatic hydroxyl groups is 1. The lowest BCUT2D eigenvalue weighted by molar-refractivity contribution is 0.443. The Hall–Kier alpha value is -2.14. The van der Waals surface area contributed by atoms with Crippen LogP contribution in [0.25, 0.3) is 11.1 Å². The molecule has 5 heteroatoms. The summed E-state index contributed by atoms with van der Waals surface area (Å²) >= 11 is 0. The minimum absolute atomic E-state index is 0.191. The van der Waals surface area contributed by atoms with E-state index in [1.807, 2.05) is 19.1 Å². The van der Waals surface area contributed by atoms with E-state index in [2.05, 4.69) is 9.97 Å². The number of H-pyrrole nitrogens is 1. The molecule has 104 valence electrons. The fourth-order valence-corrected chi connectivity index (χ4v) is 2.30. The van der Waals surface area contributed by atoms with Crippen LogP contribution in [0.2, 0.25) is 0 Å². The topological polar surface area (TPSA) is 92.0 Å². The zero-order valence-electron chi connectivity index (χ0n) is 11.3. The lowest BCUT2D eigenvalue weighted by Crippen LogP contribution is -2.22. The summed E-state index contributed by atoms with van der Waals surface area (Å²) in [5.74, 6) is 0.470. The van der Waals surface area contributed by atoms with Crippen LogP contribution in [0.15, 0.2) is 29.1 Å². The molecule has 0 saturated heterocycles. The van der Waals surface area contributed by atoms with Crippen molar-refractivity contribution in [1.29, 1.82) is 0 Å². The van der Waals surface area contributed by atoms with Gasteiger partial charge in [-0.2, -0.15) is 4.98 Å². The van der Waals surface area contributed by atoms with E-state index in [1.165, 1.54) is 0 Å². The standard InChI is InChI=1S/C15H17N3O2/c1-8-2-4-9(5-3-8)11-14(19)17-13(18-15(11)20)12(16)10-6-7-10/h2-5,10,12H,6-7,16H2,1H3,(H2,17,18,19,20). The van der Waals surface area contributed by atoms with Crippen molar-refractivity contribution >= 4 is 0 Å². The van der Waals surface area contributed by atoms with E-state index in [4.69, 9.17) is 5.73 Å². The second-order valence-electron chi connectivity index (χ2n) is 5.38. The zero-order valence-corrected chi connectivity index (χ0v) is 11.3. The number of benzene rings is 1. The lowest BCUT2D eigenvalue weighted by Gasteiger charge is -2.11. The number of rotatable bonds is 3. The molecule has 4 N–H and O–H groups in total. The normalized spacial score (nSPS) is 16.1. The smallest absolute Gasteiger partial charge is 0.262 e. The summed E-state index contributed by atoms with van der Waals surface area (Å²) in [5, 5.41) is 10.1. The fraction of sp³-hybridized carbons (Fsp3) is 0.333. The molecule has 1 saturated carbocycles. The molecule has 5 nitrogen and oxygen atoms in total. The van der Waals surface area contributed by atoms with Crippen LogP contribution in [0.1, 0.15) is 30.3 Å². The summed E-state index contributed by atoms with van der Waals surface area (Å²) < 4.78 is 0. The molecule has 1 aliphatic rings. The van der Waals surface area contributed by atoms with Crippen LogP contribution in [-0.4, -0.2) is 15.1 Å². The summed E-state index contributed by atoms with van der Waals surface area (Å²) in [5.41, 5.74) is 7.57. The first-order valence-electron chi connectivity index (χ1n) is 6.72. The Bertz CT molecular complexity index is 687. The largest absolute Gasteiger partial charge is 0.493 e. The third-order valence-corrected chi connectivity index (χ3v) is 3.70. The maximum absolute atomic E-state index is 12.2. The number of aromatic amines is 1. The first kappa shape index (κ1) is 12.9. The minimum Gasteiger partial charge on any atom is -0.493 e. The van der Waals surface area contributed by atoms with Crippen LogP contribution < -0.4 is 11.3 Å². The van der Waals surface area contributed by atoms with Crippen LogP contribution in [0.4, 0.5) is 0 Å². The molecule has 1 atom stereocenters. The van der Waals surface area contributed by atoms with Crippen molar-refractivity contribution in [2.24, 2.45) is 11.7 Å². The molecule has 1 heterocycles. The number of aryl methyl sites for hydroxylation is 1. The molecule has 20 heavy (non-hydrogen) atoms. The second-order valence-corrected chi connectivity index (χ2v) is 5.38. The van der Waals surface area contributed by atoms with E-state index >= 15 is 0 Å². The van der Waals surface area contributed by atoms with Gasteiger partial charge in [-0.3, -0.25) is 4.79 Å². The number of hydrogen-bond donors (Lipinski definition) is 3. The number of nitrogens with zero attached hydrogens (tertiary/aromatic N) is 1. The molecule has 0 amide bonds. The summed E-state index contributed by atoms with van der Waals surface area (Å²) in [6.07, 6.45) is 2.09. The predicted octanol–water partition coefficient (Wildman–Crippen LogP) is 1.86. The Morgan fingerprint density at radius 2 is 2.00 bits per heavy atom. The summed E-state index contributed by atoms with van der Waals surface area (Å²) in [7, 11) is 0. The van der Waals surface area contributed by atoms with Gasteiger partial charge in [0, 0.05) is 0 Å². The van der Waals surface area contributed by atoms with Crippen molar-refractivity contribution in [2.45, 2.75) is 25.8 Å². The highest BCUT2D eigenvalue weighted by Gasteiger charge is 2.31. The fourth-order valence-electron chi connectivity index (χ4n) is 2.30. The van der Waals surface area contributed by atoms with Gasteiger partial charge in [0.2, 0.25) is 5.88 Å². The van der Waals surface area contributed by atoms with Gasteiger partial charge in [-0.05, 0) is 31.2 Å². The summed E-state index contributed by atoms with van der Waals surface area (Å²) in [4.78, 5) is 19.0. The van der Waals surface area contributed by atoms with E-state index in [9.17, 15) is 9.90 Å². The van der Waals surface area contributed by atoms with Crippen molar-refractivity contribution < 1.29 is 5.11 Å². The molecule has 1 aromatic heterocycles. The molecule has 0 radical (unpaired) electrons. The van der Waals surface area contributed by atoms with Crippen molar-refractivity contribution in [3.63, 3.8) is 0 Å². The lowest BCUT2D eigenvalue weighted by atomic mass is 10.1. The van der Waals surface area contributed by atoms with Gasteiger partial charge in [-0.25, -0.2) is 0 Å². The molecule has 1 aliphatic carbocycles. The van der Waals surface area contributed by atoms with E-state index in [0.717, 1.165) is 18.4 Å². The van der Waals surface area contributed by atoms with Crippen LogP contribution >= 0.6 is 0 Å². The average Bonchev–Trinajstić information content (AvgIpc) is 3.23. The molecule has 0 spiro atoms. The monoisotopic (exact) mass is 271 g/mol. The number of nitrogens with one attached hydrogen (secondary N) is 1. The van der Waals surface area contributed by atoms with E-state index in [-0.39, 0.29) is 23.0 Å². The molecular weight excluding hydrogens is 254 g/mol. The highest BCUT2D eigenvalue weighted by atomic mass is 16.3. The van der Waals surface area contributed by atoms with Crippen molar-refractivity contribution in [2.75, 3.05) is 0 Å². The summed E-state index contributed by atoms with van der Waals surface area (Å²) in [6.45, 7) is 1.96. The molecule has 3 rings (SSSR count). The van der Waals surface area contributed by atoms with E-state index < -0.39 is 0 Å². The molecule has 2 aromatic rings. The molecule has 1 fully saturated rings. The van der Waals surface area contributed by atoms with Gasteiger partial charge in [0.1, 0.15) is 11.4 Å². The maximum Gasteiger partial charge on any atom is 0.262 e. The van der Waals surface area contributed by atoms with Gasteiger partial charge >= 0.3 is 0 Å². The Labute approximate surface area is 116 Å². The van der Waals surface area contributed by atoms with Gasteiger partial charge in [-0.1, -0.05) is 29.8 Å². The Morgan fingerprint density at radius 3 is 2.55 bits per heavy atom. The Kier molecular flexibility index (Phi) is 3.06. The van der Waals surface area contributed by atoms with Crippen molar-refractivity contribution in [3.05, 3.63) is 46.0 Å². The highest BCUT2D eigenvalue weighted by molar-refractivity contribution is 5.67. The zero-order chi connectivity index (χ0) is 14.3. The minimum atomic E-state index is -0.354. The first-order valence-corrected chi connectivity index (χ1v) is 6.72. The Morgan fingerprint density at radius 1 is 1.35 bits per heavy atom. The highest BCUT2D eigenvalue weighted by Crippen LogP contribution is 2.38. The van der Waals surface area contributed by atoms with Gasteiger partial charge in [0.05, 0.1) is 6.04 Å². The second kappa shape index (κ2) is 4.76. The number of hydrogen-bond acceptors (Lipinski definition) is 4. The van der Waals surface area contributed by atoms with Crippen LogP contribution in [0.3, 0.4) is 0 Å². The van der Waals surface area contributed by atoms with E-state index in [0.29, 0.717) is 17.3 Å². The van der Waals surface area contributed by atoms with Crippen LogP contribution in [0, 0.1) is 12.8 Å². The van der Waals surface area contributed by atoms with Crippen molar-refractivity contribution in [3.8, 4) is 17.0 Å². The van der Waals surface area contributed by atoms with Crippen LogP contribution in [0.5, 0.6) is 5.88 Å². The third-order valence-electron chi connectivity index (χ3n) is 3.70. The van der Waals surface area contributed by atoms with Crippen LogP contribution in [-0.2, 0) is 0 Å². The maximum atomic E-state index is 12.2. The number of nitrogens with two attached hydrogens (primary N) is 1. The van der Waals surface area contributed by atoms with Gasteiger partial charge in [-0.15, -0.1) is 0 Å². The first-order chi connectivity index (χ1) is 9.56. The third kappa shape index (κ3) is 2.32. The molecule has 1 aromatic carbocycles. The molecule has 0 aliphatic heterocycles. The van der Waals surface area contributed by atoms with Gasteiger partial charge < -0.3 is 15.8 Å². The molecular formula is C15H17N3O2. The SMILES string of the molecule is Cc1ccc(-c2c(O)nc(C(N)C3CC3)[nH]c2=O)cc1. The average molecular weight is 271 g/mol. The van der Waals surface area contributed by atoms with Gasteiger partial charge in [0.25, 0.3) is 5.56 Å². The Balaban J connectivity index is 2.04. The molecule has 1 unspecified atom stereocenters. The van der Waals surface area contributed by atoms with Gasteiger partial charge in [0.15, 0.2) is 0 Å². The van der Waals surface area contributed by atoms with Crippen molar-refractivity contribution in [1.82, 2.24) is 9.97 Å². The number of aromatic nitrogens is 2. The molecule has 0 bridgehead atoms. The van der Waals surface area contributed by atoms with E-state index in [1.54, 1.807) is 12.1 Å². The summed E-state index contributed by atoms with van der Waals surface area (Å²) in [6, 6.07) is 7.06. The predicted molar refractivity (Wildman–Crippen MR) is 76.3 cm³/mol.